The van der Waals surface area contributed by atoms with Crippen LogP contribution in [0, 0.1) is 0 Å². The van der Waals surface area contributed by atoms with Crippen molar-refractivity contribution in [3.63, 3.8) is 0 Å². The van der Waals surface area contributed by atoms with E-state index >= 15 is 0 Å². The maximum Gasteiger partial charge on any atom is 0.0642 e. The first kappa shape index (κ1) is 11.1. The van der Waals surface area contributed by atoms with Crippen molar-refractivity contribution in [1.29, 1.82) is 0 Å². The smallest absolute Gasteiger partial charge is 0.0642 e. The van der Waals surface area contributed by atoms with E-state index in [1.807, 2.05) is 0 Å². The van der Waals surface area contributed by atoms with Crippen molar-refractivity contribution < 1.29 is 4.74 Å². The third-order valence-corrected chi connectivity index (χ3v) is 3.72. The first-order valence-corrected chi connectivity index (χ1v) is 6.60. The van der Waals surface area contributed by atoms with Gasteiger partial charge >= 0.3 is 0 Å². The summed E-state index contributed by atoms with van der Waals surface area (Å²) in [5.74, 6) is 0. The van der Waals surface area contributed by atoms with Gasteiger partial charge in [-0.15, -0.1) is 0 Å². The van der Waals surface area contributed by atoms with Gasteiger partial charge in [-0.25, -0.2) is 0 Å². The highest BCUT2D eigenvalue weighted by Gasteiger charge is 2.22. The van der Waals surface area contributed by atoms with E-state index in [2.05, 4.69) is 34.5 Å². The molecule has 3 nitrogen and oxygen atoms in total. The zero-order valence-electron chi connectivity index (χ0n) is 10.2. The van der Waals surface area contributed by atoms with Crippen LogP contribution in [-0.2, 0) is 4.74 Å². The van der Waals surface area contributed by atoms with E-state index in [1.54, 1.807) is 0 Å². The van der Waals surface area contributed by atoms with Crippen molar-refractivity contribution in [2.45, 2.75) is 18.9 Å². The highest BCUT2D eigenvalue weighted by Crippen LogP contribution is 2.31. The predicted molar refractivity (Wildman–Crippen MR) is 69.5 cm³/mol. The lowest BCUT2D eigenvalue weighted by molar-refractivity contribution is 0.122. The van der Waals surface area contributed by atoms with E-state index in [1.165, 1.54) is 24.1 Å². The fourth-order valence-corrected chi connectivity index (χ4v) is 2.82. The molecule has 0 unspecified atom stereocenters. The molecule has 3 rings (SSSR count). The Bertz CT molecular complexity index is 368. The normalized spacial score (nSPS) is 25.2. The van der Waals surface area contributed by atoms with Gasteiger partial charge in [0, 0.05) is 24.8 Å². The molecule has 0 bridgehead atoms. The van der Waals surface area contributed by atoms with Gasteiger partial charge in [-0.2, -0.15) is 0 Å². The first-order valence-electron chi connectivity index (χ1n) is 6.60. The van der Waals surface area contributed by atoms with Crippen LogP contribution in [0.15, 0.2) is 24.3 Å². The fraction of sp³-hybridized carbons (Fsp3) is 0.571. The molecule has 2 saturated heterocycles. The van der Waals surface area contributed by atoms with Crippen LogP contribution in [0.1, 0.15) is 24.4 Å². The molecule has 3 heteroatoms. The number of hydrogen-bond donors (Lipinski definition) is 1. The van der Waals surface area contributed by atoms with Crippen LogP contribution in [0.2, 0.25) is 0 Å². The van der Waals surface area contributed by atoms with Crippen molar-refractivity contribution >= 4 is 5.69 Å². The molecule has 1 aromatic rings. The summed E-state index contributed by atoms with van der Waals surface area (Å²) in [6.07, 6.45) is 2.56. The number of hydrogen-bond acceptors (Lipinski definition) is 3. The minimum Gasteiger partial charge on any atom is -0.378 e. The molecule has 2 heterocycles. The zero-order chi connectivity index (χ0) is 11.5. The van der Waals surface area contributed by atoms with E-state index < -0.39 is 0 Å². The van der Waals surface area contributed by atoms with Crippen molar-refractivity contribution in [1.82, 2.24) is 5.32 Å². The van der Waals surface area contributed by atoms with Gasteiger partial charge in [-0.05, 0) is 31.0 Å². The molecule has 17 heavy (non-hydrogen) atoms. The summed E-state index contributed by atoms with van der Waals surface area (Å²) in [4.78, 5) is 2.46. The molecule has 92 valence electrons. The number of ether oxygens (including phenoxy) is 1. The van der Waals surface area contributed by atoms with E-state index in [0.29, 0.717) is 6.04 Å². The average molecular weight is 232 g/mol. The molecule has 0 radical (unpaired) electrons. The molecule has 1 N–H and O–H groups in total. The minimum absolute atomic E-state index is 0.550. The first-order chi connectivity index (χ1) is 8.45. The molecule has 2 aliphatic rings. The molecule has 0 aromatic heterocycles. The van der Waals surface area contributed by atoms with Crippen LogP contribution in [0.25, 0.3) is 0 Å². The van der Waals surface area contributed by atoms with E-state index in [9.17, 15) is 0 Å². The van der Waals surface area contributed by atoms with Gasteiger partial charge in [-0.1, -0.05) is 18.2 Å². The topological polar surface area (TPSA) is 24.5 Å². The Kier molecular flexibility index (Phi) is 3.29. The second-order valence-electron chi connectivity index (χ2n) is 4.81. The molecule has 0 saturated carbocycles. The van der Waals surface area contributed by atoms with Gasteiger partial charge < -0.3 is 15.0 Å². The van der Waals surface area contributed by atoms with E-state index in [4.69, 9.17) is 4.74 Å². The highest BCUT2D eigenvalue weighted by molar-refractivity contribution is 5.55. The number of anilines is 1. The summed E-state index contributed by atoms with van der Waals surface area (Å²) < 4.78 is 5.43. The standard InChI is InChI=1S/C14H20N2O/c1-2-6-14(16-8-10-17-11-9-16)12(4-1)13-5-3-7-15-13/h1-2,4,6,13,15H,3,5,7-11H2/t13-/m0/s1. The molecule has 1 atom stereocenters. The summed E-state index contributed by atoms with van der Waals surface area (Å²) in [7, 11) is 0. The number of para-hydroxylation sites is 1. The lowest BCUT2D eigenvalue weighted by Crippen LogP contribution is -2.37. The number of rotatable bonds is 2. The average Bonchev–Trinajstić information content (AvgIpc) is 2.94. The summed E-state index contributed by atoms with van der Waals surface area (Å²) in [6, 6.07) is 9.37. The van der Waals surface area contributed by atoms with E-state index in [-0.39, 0.29) is 0 Å². The van der Waals surface area contributed by atoms with Crippen LogP contribution >= 0.6 is 0 Å². The summed E-state index contributed by atoms with van der Waals surface area (Å²) in [5.41, 5.74) is 2.86. The van der Waals surface area contributed by atoms with E-state index in [0.717, 1.165) is 32.8 Å². The Hall–Kier alpha value is -1.06. The van der Waals surface area contributed by atoms with Crippen molar-refractivity contribution in [2.24, 2.45) is 0 Å². The van der Waals surface area contributed by atoms with Gasteiger partial charge in [0.25, 0.3) is 0 Å². The molecule has 2 aliphatic heterocycles. The third-order valence-electron chi connectivity index (χ3n) is 3.72. The summed E-state index contributed by atoms with van der Waals surface area (Å²) >= 11 is 0. The zero-order valence-corrected chi connectivity index (χ0v) is 10.2. The number of benzene rings is 1. The summed E-state index contributed by atoms with van der Waals surface area (Å²) in [5, 5.41) is 3.59. The van der Waals surface area contributed by atoms with Crippen LogP contribution < -0.4 is 10.2 Å². The van der Waals surface area contributed by atoms with Crippen LogP contribution in [0.3, 0.4) is 0 Å². The molecule has 0 spiro atoms. The maximum atomic E-state index is 5.43. The predicted octanol–water partition coefficient (Wildman–Crippen LogP) is 1.95. The lowest BCUT2D eigenvalue weighted by Gasteiger charge is -2.31. The summed E-state index contributed by atoms with van der Waals surface area (Å²) in [6.45, 7) is 4.90. The van der Waals surface area contributed by atoms with Crippen molar-refractivity contribution in [3.8, 4) is 0 Å². The maximum absolute atomic E-state index is 5.43. The van der Waals surface area contributed by atoms with Crippen LogP contribution in [0.5, 0.6) is 0 Å². The second kappa shape index (κ2) is 5.07. The van der Waals surface area contributed by atoms with Gasteiger partial charge in [0.05, 0.1) is 13.2 Å². The fourth-order valence-electron chi connectivity index (χ4n) is 2.82. The van der Waals surface area contributed by atoms with Gasteiger partial charge in [-0.3, -0.25) is 0 Å². The highest BCUT2D eigenvalue weighted by atomic mass is 16.5. The van der Waals surface area contributed by atoms with Gasteiger partial charge in [0.1, 0.15) is 0 Å². The molecule has 1 aromatic carbocycles. The molecular formula is C14H20N2O. The second-order valence-corrected chi connectivity index (χ2v) is 4.81. The minimum atomic E-state index is 0.550. The van der Waals surface area contributed by atoms with Crippen LogP contribution in [0.4, 0.5) is 5.69 Å². The Morgan fingerprint density at radius 1 is 1.18 bits per heavy atom. The Balaban J connectivity index is 1.86. The van der Waals surface area contributed by atoms with Crippen molar-refractivity contribution in [3.05, 3.63) is 29.8 Å². The van der Waals surface area contributed by atoms with Crippen molar-refractivity contribution in [2.75, 3.05) is 37.7 Å². The third kappa shape index (κ3) is 2.31. The van der Waals surface area contributed by atoms with Gasteiger partial charge in [0.15, 0.2) is 0 Å². The molecule has 2 fully saturated rings. The number of nitrogens with one attached hydrogen (secondary N) is 1. The Morgan fingerprint density at radius 2 is 2.00 bits per heavy atom. The quantitative estimate of drug-likeness (QED) is 0.843. The monoisotopic (exact) mass is 232 g/mol. The number of nitrogens with zero attached hydrogens (tertiary/aromatic N) is 1. The molecule has 0 aliphatic carbocycles. The number of morpholine rings is 1. The van der Waals surface area contributed by atoms with Gasteiger partial charge in [0.2, 0.25) is 0 Å². The largest absolute Gasteiger partial charge is 0.378 e. The SMILES string of the molecule is c1ccc(N2CCOCC2)c([C@@H]2CCCN2)c1. The lowest BCUT2D eigenvalue weighted by atomic mass is 10.0. The Labute approximate surface area is 103 Å². The van der Waals surface area contributed by atoms with Crippen LogP contribution in [-0.4, -0.2) is 32.8 Å². The molecular weight excluding hydrogens is 212 g/mol. The molecule has 0 amide bonds. The Morgan fingerprint density at radius 3 is 2.76 bits per heavy atom.